The van der Waals surface area contributed by atoms with Crippen LogP contribution in [0.15, 0.2) is 48.6 Å². The fraction of sp³-hybridized carbons (Fsp3) is 0.762. The van der Waals surface area contributed by atoms with Crippen LogP contribution < -0.4 is 0 Å². The standard InChI is InChI=1S/C42H76NO9P/c1-6-8-10-12-14-15-16-17-21-25-29-33-41(45)49-37-40(38-51-53(47,48)50-36-35-43(3,4)5)52-42(46)34-30-26-22-18-20-24-28-32-39(44)31-27-23-19-13-11-9-7-2/h18-19,22-24,27-28,31,39-40,44H,6-17,20-21,25-26,29-30,32-38H2,1-5H3/p+1/b22-18+,23-19-,28-24-,31-27-/t39-,40+/m0/s1. The van der Waals surface area contributed by atoms with Gasteiger partial charge >= 0.3 is 19.8 Å². The number of ether oxygens (including phenoxy) is 2. The van der Waals surface area contributed by atoms with Gasteiger partial charge in [-0.15, -0.1) is 0 Å². The third-order valence-corrected chi connectivity index (χ3v) is 9.43. The second-order valence-electron chi connectivity index (χ2n) is 14.9. The van der Waals surface area contributed by atoms with Gasteiger partial charge in [0, 0.05) is 12.8 Å². The molecule has 53 heavy (non-hydrogen) atoms. The van der Waals surface area contributed by atoms with Gasteiger partial charge in [0.05, 0.1) is 33.9 Å². The molecule has 0 fully saturated rings. The molecule has 2 N–H and O–H groups in total. The number of carbonyl (C=O) groups is 2. The Morgan fingerprint density at radius 2 is 1.26 bits per heavy atom. The highest BCUT2D eigenvalue weighted by Gasteiger charge is 2.27. The Kier molecular flexibility index (Phi) is 33.1. The second kappa shape index (κ2) is 34.4. The van der Waals surface area contributed by atoms with Gasteiger partial charge in [-0.2, -0.15) is 0 Å². The summed E-state index contributed by atoms with van der Waals surface area (Å²) in [6.07, 6.45) is 34.8. The minimum atomic E-state index is -4.40. The molecule has 308 valence electrons. The van der Waals surface area contributed by atoms with Crippen molar-refractivity contribution in [3.63, 3.8) is 0 Å². The first-order valence-corrected chi connectivity index (χ1v) is 22.0. The predicted octanol–water partition coefficient (Wildman–Crippen LogP) is 10.1. The van der Waals surface area contributed by atoms with Crippen molar-refractivity contribution in [1.82, 2.24) is 0 Å². The third-order valence-electron chi connectivity index (χ3n) is 8.44. The lowest BCUT2D eigenvalue weighted by Gasteiger charge is -2.24. The molecule has 0 radical (unpaired) electrons. The summed E-state index contributed by atoms with van der Waals surface area (Å²) >= 11 is 0. The number of quaternary nitrogens is 1. The van der Waals surface area contributed by atoms with Crippen LogP contribution in [0.3, 0.4) is 0 Å². The highest BCUT2D eigenvalue weighted by Crippen LogP contribution is 2.43. The summed E-state index contributed by atoms with van der Waals surface area (Å²) in [6.45, 7) is 4.21. The van der Waals surface area contributed by atoms with Crippen molar-refractivity contribution in [2.24, 2.45) is 0 Å². The number of nitrogens with zero attached hydrogens (tertiary/aromatic N) is 1. The fourth-order valence-corrected chi connectivity index (χ4v) is 5.89. The van der Waals surface area contributed by atoms with Crippen LogP contribution in [-0.2, 0) is 32.7 Å². The first kappa shape index (κ1) is 50.9. The van der Waals surface area contributed by atoms with Crippen molar-refractivity contribution in [1.29, 1.82) is 0 Å². The molecular weight excluding hydrogens is 693 g/mol. The van der Waals surface area contributed by atoms with Crippen molar-refractivity contribution in [2.75, 3.05) is 47.5 Å². The molecule has 0 rings (SSSR count). The highest BCUT2D eigenvalue weighted by molar-refractivity contribution is 7.47. The zero-order chi connectivity index (χ0) is 39.5. The van der Waals surface area contributed by atoms with Gasteiger partial charge in [-0.1, -0.05) is 140 Å². The smallest absolute Gasteiger partial charge is 0.462 e. The zero-order valence-electron chi connectivity index (χ0n) is 34.1. The summed E-state index contributed by atoms with van der Waals surface area (Å²) in [5.74, 6) is -0.909. The van der Waals surface area contributed by atoms with E-state index in [0.717, 1.165) is 32.1 Å². The molecule has 0 spiro atoms. The molecule has 0 saturated heterocycles. The molecule has 0 aromatic heterocycles. The molecule has 1 unspecified atom stereocenters. The summed E-state index contributed by atoms with van der Waals surface area (Å²) in [4.78, 5) is 35.2. The van der Waals surface area contributed by atoms with Crippen LogP contribution in [0.1, 0.15) is 149 Å². The molecule has 0 heterocycles. The summed E-state index contributed by atoms with van der Waals surface area (Å²) in [5, 5.41) is 10.1. The predicted molar refractivity (Wildman–Crippen MR) is 216 cm³/mol. The Labute approximate surface area is 323 Å². The van der Waals surface area contributed by atoms with E-state index in [-0.39, 0.29) is 26.1 Å². The molecule has 0 saturated carbocycles. The Morgan fingerprint density at radius 3 is 1.92 bits per heavy atom. The van der Waals surface area contributed by atoms with Crippen LogP contribution in [0, 0.1) is 0 Å². The molecule has 0 aliphatic heterocycles. The van der Waals surface area contributed by atoms with E-state index in [1.807, 2.05) is 57.6 Å². The summed E-state index contributed by atoms with van der Waals surface area (Å²) < 4.78 is 34.1. The third kappa shape index (κ3) is 38.0. The topological polar surface area (TPSA) is 129 Å². The first-order valence-electron chi connectivity index (χ1n) is 20.5. The number of phosphoric ester groups is 1. The molecular formula is C42H77NO9P+. The highest BCUT2D eigenvalue weighted by atomic mass is 31.2. The average Bonchev–Trinajstić information content (AvgIpc) is 3.10. The number of phosphoric acid groups is 1. The molecule has 0 aliphatic rings. The normalized spacial score (nSPS) is 14.8. The minimum absolute atomic E-state index is 0.00933. The quantitative estimate of drug-likeness (QED) is 0.0160. The number of rotatable bonds is 36. The zero-order valence-corrected chi connectivity index (χ0v) is 35.0. The number of allylic oxidation sites excluding steroid dienone is 6. The van der Waals surface area contributed by atoms with Gasteiger partial charge in [-0.3, -0.25) is 18.6 Å². The maximum absolute atomic E-state index is 12.6. The fourth-order valence-electron chi connectivity index (χ4n) is 5.14. The van der Waals surface area contributed by atoms with Gasteiger partial charge in [0.25, 0.3) is 0 Å². The van der Waals surface area contributed by atoms with Gasteiger partial charge in [0.15, 0.2) is 6.10 Å². The van der Waals surface area contributed by atoms with Crippen molar-refractivity contribution in [2.45, 2.75) is 161 Å². The summed E-state index contributed by atoms with van der Waals surface area (Å²) in [7, 11) is 1.40. The maximum Gasteiger partial charge on any atom is 0.472 e. The lowest BCUT2D eigenvalue weighted by molar-refractivity contribution is -0.870. The average molecular weight is 771 g/mol. The molecule has 0 bridgehead atoms. The molecule has 0 aromatic carbocycles. The van der Waals surface area contributed by atoms with Gasteiger partial charge in [0.1, 0.15) is 19.8 Å². The van der Waals surface area contributed by atoms with Crippen LogP contribution in [0.25, 0.3) is 0 Å². The van der Waals surface area contributed by atoms with Gasteiger partial charge < -0.3 is 24.0 Å². The molecule has 0 aromatic rings. The monoisotopic (exact) mass is 771 g/mol. The second-order valence-corrected chi connectivity index (χ2v) is 16.3. The van der Waals surface area contributed by atoms with Gasteiger partial charge in [0.2, 0.25) is 0 Å². The van der Waals surface area contributed by atoms with E-state index in [1.54, 1.807) is 6.08 Å². The van der Waals surface area contributed by atoms with E-state index in [1.165, 1.54) is 70.6 Å². The number of esters is 2. The number of unbranched alkanes of at least 4 members (excludes halogenated alkanes) is 14. The number of aliphatic hydroxyl groups excluding tert-OH is 1. The number of carbonyl (C=O) groups excluding carboxylic acids is 2. The van der Waals surface area contributed by atoms with Crippen molar-refractivity contribution >= 4 is 19.8 Å². The first-order chi connectivity index (χ1) is 25.4. The van der Waals surface area contributed by atoms with E-state index < -0.39 is 38.6 Å². The lowest BCUT2D eigenvalue weighted by Crippen LogP contribution is -2.37. The van der Waals surface area contributed by atoms with Gasteiger partial charge in [-0.25, -0.2) is 4.57 Å². The van der Waals surface area contributed by atoms with E-state index in [0.29, 0.717) is 30.3 Å². The number of aliphatic hydroxyl groups is 1. The van der Waals surface area contributed by atoms with E-state index >= 15 is 0 Å². The van der Waals surface area contributed by atoms with Crippen molar-refractivity contribution in [3.05, 3.63) is 48.6 Å². The number of hydrogen-bond acceptors (Lipinski definition) is 8. The van der Waals surface area contributed by atoms with Crippen LogP contribution >= 0.6 is 7.82 Å². The minimum Gasteiger partial charge on any atom is -0.462 e. The lowest BCUT2D eigenvalue weighted by atomic mass is 10.1. The number of likely N-dealkylation sites (N-methyl/N-ethyl adjacent to an activating group) is 1. The maximum atomic E-state index is 12.6. The Bertz CT molecular complexity index is 1070. The molecule has 3 atom stereocenters. The van der Waals surface area contributed by atoms with Crippen LogP contribution in [0.2, 0.25) is 0 Å². The Balaban J connectivity index is 4.58. The SMILES string of the molecule is CCCCC/C=C\C=C/[C@H](O)C/C=C\C/C=C/CCCC(=O)O[C@H](COC(=O)CCCCCCCCCCCCC)COP(=O)(O)OCC[N+](C)(C)C. The van der Waals surface area contributed by atoms with Crippen molar-refractivity contribution < 1.29 is 47.2 Å². The molecule has 11 heteroatoms. The van der Waals surface area contributed by atoms with E-state index in [9.17, 15) is 24.2 Å². The van der Waals surface area contributed by atoms with Gasteiger partial charge in [-0.05, 0) is 44.9 Å². The molecule has 10 nitrogen and oxygen atoms in total. The summed E-state index contributed by atoms with van der Waals surface area (Å²) in [5.41, 5.74) is 0. The largest absolute Gasteiger partial charge is 0.472 e. The van der Waals surface area contributed by atoms with Crippen LogP contribution in [0.4, 0.5) is 0 Å². The Morgan fingerprint density at radius 1 is 0.679 bits per heavy atom. The van der Waals surface area contributed by atoms with E-state index in [4.69, 9.17) is 18.5 Å². The summed E-state index contributed by atoms with van der Waals surface area (Å²) in [6, 6.07) is 0. The molecule has 0 aliphatic carbocycles. The molecule has 0 amide bonds. The Hall–Kier alpha value is -2.07. The van der Waals surface area contributed by atoms with Crippen LogP contribution in [-0.4, -0.2) is 86.1 Å². The van der Waals surface area contributed by atoms with Crippen LogP contribution in [0.5, 0.6) is 0 Å². The number of hydrogen-bond donors (Lipinski definition) is 2. The van der Waals surface area contributed by atoms with E-state index in [2.05, 4.69) is 19.9 Å². The van der Waals surface area contributed by atoms with Crippen molar-refractivity contribution in [3.8, 4) is 0 Å².